The van der Waals surface area contributed by atoms with Gasteiger partial charge in [-0.15, -0.1) is 0 Å². The van der Waals surface area contributed by atoms with E-state index in [1.807, 2.05) is 12.1 Å². The van der Waals surface area contributed by atoms with Gasteiger partial charge < -0.3 is 10.6 Å². The molecule has 3 heteroatoms. The molecule has 3 rings (SSSR count). The molecule has 0 amide bonds. The van der Waals surface area contributed by atoms with Gasteiger partial charge in [-0.25, -0.2) is 0 Å². The number of nitriles is 1. The molecule has 1 heterocycles. The van der Waals surface area contributed by atoms with Gasteiger partial charge in [0.1, 0.15) is 0 Å². The van der Waals surface area contributed by atoms with Gasteiger partial charge in [0.25, 0.3) is 0 Å². The van der Waals surface area contributed by atoms with Crippen LogP contribution in [0.3, 0.4) is 0 Å². The van der Waals surface area contributed by atoms with Crippen molar-refractivity contribution in [1.29, 1.82) is 5.26 Å². The lowest BCUT2D eigenvalue weighted by atomic mass is 9.92. The van der Waals surface area contributed by atoms with Gasteiger partial charge in [0.15, 0.2) is 0 Å². The minimum atomic E-state index is 0.352. The molecule has 1 aliphatic carbocycles. The Morgan fingerprint density at radius 1 is 1.19 bits per heavy atom. The first kappa shape index (κ1) is 14.6. The van der Waals surface area contributed by atoms with E-state index in [0.29, 0.717) is 12.1 Å². The normalized spacial score (nSPS) is 30.2. The second-order valence-corrected chi connectivity index (χ2v) is 6.53. The number of hydrogen-bond acceptors (Lipinski definition) is 3. The summed E-state index contributed by atoms with van der Waals surface area (Å²) in [5.74, 6) is 0.785. The molecule has 4 atom stereocenters. The molecule has 21 heavy (non-hydrogen) atoms. The lowest BCUT2D eigenvalue weighted by molar-refractivity contribution is 0.303. The summed E-state index contributed by atoms with van der Waals surface area (Å²) in [4.78, 5) is 0. The second-order valence-electron chi connectivity index (χ2n) is 6.53. The van der Waals surface area contributed by atoms with E-state index in [1.165, 1.54) is 44.2 Å². The first-order valence-corrected chi connectivity index (χ1v) is 8.27. The van der Waals surface area contributed by atoms with E-state index >= 15 is 0 Å². The van der Waals surface area contributed by atoms with Crippen molar-refractivity contribution in [2.45, 2.75) is 57.2 Å². The fourth-order valence-corrected chi connectivity index (χ4v) is 4.02. The van der Waals surface area contributed by atoms with Gasteiger partial charge in [0.2, 0.25) is 0 Å². The molecule has 0 spiro atoms. The van der Waals surface area contributed by atoms with Gasteiger partial charge in [-0.3, -0.25) is 0 Å². The molecule has 2 N–H and O–H groups in total. The average molecular weight is 283 g/mol. The standard InChI is InChI=1S/C18H25N3/c1-13(15-9-7-14(12-19)8-10-15)21-18-5-2-4-16(18)17-6-3-11-20-17/h7-10,13,16-18,20-21H,2-6,11H2,1H3. The van der Waals surface area contributed by atoms with Gasteiger partial charge in [-0.2, -0.15) is 5.26 Å². The van der Waals surface area contributed by atoms with Crippen molar-refractivity contribution in [2.75, 3.05) is 6.54 Å². The Balaban J connectivity index is 1.62. The zero-order valence-corrected chi connectivity index (χ0v) is 12.8. The van der Waals surface area contributed by atoms with Crippen LogP contribution in [0.2, 0.25) is 0 Å². The predicted octanol–water partition coefficient (Wildman–Crippen LogP) is 3.13. The van der Waals surface area contributed by atoms with Crippen molar-refractivity contribution in [2.24, 2.45) is 5.92 Å². The zero-order chi connectivity index (χ0) is 14.7. The molecule has 112 valence electrons. The smallest absolute Gasteiger partial charge is 0.0991 e. The largest absolute Gasteiger partial charge is 0.314 e. The topological polar surface area (TPSA) is 47.8 Å². The highest BCUT2D eigenvalue weighted by Crippen LogP contribution is 2.33. The van der Waals surface area contributed by atoms with Crippen LogP contribution in [0.15, 0.2) is 24.3 Å². The summed E-state index contributed by atoms with van der Waals surface area (Å²) in [6, 6.07) is 11.9. The summed E-state index contributed by atoms with van der Waals surface area (Å²) in [7, 11) is 0. The van der Waals surface area contributed by atoms with Gasteiger partial charge in [-0.1, -0.05) is 18.6 Å². The van der Waals surface area contributed by atoms with Crippen molar-refractivity contribution >= 4 is 0 Å². The van der Waals surface area contributed by atoms with Crippen LogP contribution < -0.4 is 10.6 Å². The summed E-state index contributed by atoms with van der Waals surface area (Å²) in [5, 5.41) is 16.4. The molecular weight excluding hydrogens is 258 g/mol. The van der Waals surface area contributed by atoms with Gasteiger partial charge in [-0.05, 0) is 62.8 Å². The Bertz CT molecular complexity index is 496. The van der Waals surface area contributed by atoms with E-state index in [1.54, 1.807) is 0 Å². The number of benzene rings is 1. The first-order valence-electron chi connectivity index (χ1n) is 8.27. The molecule has 1 aromatic carbocycles. The average Bonchev–Trinajstić information content (AvgIpc) is 3.18. The molecule has 2 aliphatic rings. The van der Waals surface area contributed by atoms with E-state index in [2.05, 4.69) is 35.8 Å². The van der Waals surface area contributed by atoms with Crippen LogP contribution in [0.4, 0.5) is 0 Å². The Hall–Kier alpha value is -1.37. The summed E-state index contributed by atoms with van der Waals surface area (Å²) in [6.45, 7) is 3.43. The van der Waals surface area contributed by atoms with Gasteiger partial charge in [0, 0.05) is 18.1 Å². The third-order valence-corrected chi connectivity index (χ3v) is 5.19. The highest BCUT2D eigenvalue weighted by atomic mass is 15.0. The molecule has 0 radical (unpaired) electrons. The van der Waals surface area contributed by atoms with Crippen LogP contribution in [0.25, 0.3) is 0 Å². The zero-order valence-electron chi connectivity index (χ0n) is 12.8. The van der Waals surface area contributed by atoms with Crippen LogP contribution in [0.5, 0.6) is 0 Å². The van der Waals surface area contributed by atoms with E-state index in [4.69, 9.17) is 5.26 Å². The van der Waals surface area contributed by atoms with E-state index in [0.717, 1.165) is 17.5 Å². The van der Waals surface area contributed by atoms with Crippen LogP contribution in [0.1, 0.15) is 56.2 Å². The van der Waals surface area contributed by atoms with Crippen molar-refractivity contribution in [3.8, 4) is 6.07 Å². The second kappa shape index (κ2) is 6.60. The molecular formula is C18H25N3. The maximum absolute atomic E-state index is 8.88. The predicted molar refractivity (Wildman–Crippen MR) is 84.9 cm³/mol. The fourth-order valence-electron chi connectivity index (χ4n) is 4.02. The minimum absolute atomic E-state index is 0.352. The maximum Gasteiger partial charge on any atom is 0.0991 e. The van der Waals surface area contributed by atoms with Gasteiger partial charge in [0.05, 0.1) is 11.6 Å². The number of nitrogens with zero attached hydrogens (tertiary/aromatic N) is 1. The summed E-state index contributed by atoms with van der Waals surface area (Å²) in [6.07, 6.45) is 6.67. The third-order valence-electron chi connectivity index (χ3n) is 5.19. The fraction of sp³-hybridized carbons (Fsp3) is 0.611. The Kier molecular flexibility index (Phi) is 4.57. The third kappa shape index (κ3) is 3.28. The molecule has 0 bridgehead atoms. The Morgan fingerprint density at radius 3 is 2.67 bits per heavy atom. The quantitative estimate of drug-likeness (QED) is 0.892. The van der Waals surface area contributed by atoms with E-state index < -0.39 is 0 Å². The molecule has 1 saturated carbocycles. The number of rotatable bonds is 4. The summed E-state index contributed by atoms with van der Waals surface area (Å²) >= 11 is 0. The monoisotopic (exact) mass is 283 g/mol. The minimum Gasteiger partial charge on any atom is -0.314 e. The van der Waals surface area contributed by atoms with E-state index in [9.17, 15) is 0 Å². The van der Waals surface area contributed by atoms with E-state index in [-0.39, 0.29) is 0 Å². The van der Waals surface area contributed by atoms with Crippen molar-refractivity contribution in [3.05, 3.63) is 35.4 Å². The Labute approximate surface area is 127 Å². The van der Waals surface area contributed by atoms with Crippen molar-refractivity contribution < 1.29 is 0 Å². The number of hydrogen-bond donors (Lipinski definition) is 2. The number of nitrogens with one attached hydrogen (secondary N) is 2. The molecule has 1 aromatic rings. The molecule has 1 aliphatic heterocycles. The first-order chi connectivity index (χ1) is 10.3. The highest BCUT2D eigenvalue weighted by molar-refractivity contribution is 5.32. The molecule has 3 nitrogen and oxygen atoms in total. The van der Waals surface area contributed by atoms with Crippen molar-refractivity contribution in [3.63, 3.8) is 0 Å². The molecule has 0 aromatic heterocycles. The van der Waals surface area contributed by atoms with Crippen LogP contribution in [-0.2, 0) is 0 Å². The molecule has 2 fully saturated rings. The Morgan fingerprint density at radius 2 is 2.00 bits per heavy atom. The SMILES string of the molecule is CC(NC1CCCC1C1CCCN1)c1ccc(C#N)cc1. The van der Waals surface area contributed by atoms with Gasteiger partial charge >= 0.3 is 0 Å². The van der Waals surface area contributed by atoms with Crippen LogP contribution >= 0.6 is 0 Å². The van der Waals surface area contributed by atoms with Crippen molar-refractivity contribution in [1.82, 2.24) is 10.6 Å². The van der Waals surface area contributed by atoms with Crippen LogP contribution in [0, 0.1) is 17.2 Å². The van der Waals surface area contributed by atoms with Crippen LogP contribution in [-0.4, -0.2) is 18.6 Å². The summed E-state index contributed by atoms with van der Waals surface area (Å²) < 4.78 is 0. The molecule has 4 unspecified atom stereocenters. The molecule has 1 saturated heterocycles. The summed E-state index contributed by atoms with van der Waals surface area (Å²) in [5.41, 5.74) is 2.01. The highest BCUT2D eigenvalue weighted by Gasteiger charge is 2.35. The lowest BCUT2D eigenvalue weighted by Crippen LogP contribution is -2.42. The lowest BCUT2D eigenvalue weighted by Gasteiger charge is -2.29. The maximum atomic E-state index is 8.88.